The molecule has 0 aliphatic carbocycles. The van der Waals surface area contributed by atoms with E-state index in [1.54, 1.807) is 6.08 Å². The van der Waals surface area contributed by atoms with Crippen LogP contribution in [-0.2, 0) is 11.4 Å². The maximum absolute atomic E-state index is 10.8. The summed E-state index contributed by atoms with van der Waals surface area (Å²) in [6.45, 7) is 0.406. The van der Waals surface area contributed by atoms with E-state index in [-0.39, 0.29) is 0 Å². The summed E-state index contributed by atoms with van der Waals surface area (Å²) in [5, 5.41) is 9.96. The zero-order valence-electron chi connectivity index (χ0n) is 16.8. The summed E-state index contributed by atoms with van der Waals surface area (Å²) in [4.78, 5) is 15.4. The van der Waals surface area contributed by atoms with E-state index >= 15 is 0 Å². The fourth-order valence-corrected chi connectivity index (χ4v) is 3.18. The van der Waals surface area contributed by atoms with Crippen LogP contribution in [0.2, 0.25) is 0 Å². The molecule has 0 amide bonds. The highest BCUT2D eigenvalue weighted by molar-refractivity contribution is 5.87. The van der Waals surface area contributed by atoms with Crippen molar-refractivity contribution < 1.29 is 14.6 Å². The molecule has 0 unspecified atom stereocenters. The summed E-state index contributed by atoms with van der Waals surface area (Å²) < 4.78 is 5.88. The van der Waals surface area contributed by atoms with Gasteiger partial charge in [-0.3, -0.25) is 0 Å². The van der Waals surface area contributed by atoms with Crippen LogP contribution in [0.5, 0.6) is 5.75 Å². The first-order valence-corrected chi connectivity index (χ1v) is 9.93. The van der Waals surface area contributed by atoms with Gasteiger partial charge in [0.1, 0.15) is 12.4 Å². The molecule has 0 bridgehead atoms. The molecule has 0 saturated heterocycles. The van der Waals surface area contributed by atoms with Gasteiger partial charge < -0.3 is 9.84 Å². The molecule has 4 heteroatoms. The minimum Gasteiger partial charge on any atom is -0.487 e. The van der Waals surface area contributed by atoms with E-state index in [9.17, 15) is 4.79 Å². The van der Waals surface area contributed by atoms with E-state index in [4.69, 9.17) is 9.84 Å². The summed E-state index contributed by atoms with van der Waals surface area (Å²) in [5.74, 6) is -0.190. The van der Waals surface area contributed by atoms with Gasteiger partial charge in [-0.1, -0.05) is 72.8 Å². The smallest absolute Gasteiger partial charge is 0.328 e. The lowest BCUT2D eigenvalue weighted by atomic mass is 10.1. The highest BCUT2D eigenvalue weighted by Gasteiger charge is 2.01. The van der Waals surface area contributed by atoms with E-state index in [2.05, 4.69) is 11.1 Å². The van der Waals surface area contributed by atoms with Crippen molar-refractivity contribution >= 4 is 35.1 Å². The van der Waals surface area contributed by atoms with Crippen LogP contribution in [0.15, 0.2) is 91.0 Å². The third kappa shape index (κ3) is 5.46. The third-order valence-corrected chi connectivity index (χ3v) is 4.78. The topological polar surface area (TPSA) is 59.4 Å². The second kappa shape index (κ2) is 9.55. The van der Waals surface area contributed by atoms with E-state index in [0.717, 1.165) is 45.1 Å². The third-order valence-electron chi connectivity index (χ3n) is 4.78. The van der Waals surface area contributed by atoms with Crippen molar-refractivity contribution in [1.29, 1.82) is 0 Å². The van der Waals surface area contributed by atoms with Gasteiger partial charge in [0.15, 0.2) is 0 Å². The number of aliphatic carboxylic acids is 1. The van der Waals surface area contributed by atoms with Crippen molar-refractivity contribution in [1.82, 2.24) is 4.98 Å². The molecule has 152 valence electrons. The Balaban J connectivity index is 1.41. The first-order chi connectivity index (χ1) is 15.2. The fourth-order valence-electron chi connectivity index (χ4n) is 3.18. The predicted octanol–water partition coefficient (Wildman–Crippen LogP) is 6.08. The van der Waals surface area contributed by atoms with Crippen LogP contribution in [0.4, 0.5) is 0 Å². The average molecular weight is 407 g/mol. The number of para-hydroxylation sites is 1. The second-order valence-electron chi connectivity index (χ2n) is 6.99. The zero-order valence-corrected chi connectivity index (χ0v) is 16.8. The van der Waals surface area contributed by atoms with Crippen LogP contribution in [0.1, 0.15) is 22.4 Å². The number of fused-ring (bicyclic) bond motifs is 1. The first-order valence-electron chi connectivity index (χ1n) is 9.93. The van der Waals surface area contributed by atoms with Gasteiger partial charge in [0.25, 0.3) is 0 Å². The van der Waals surface area contributed by atoms with Crippen molar-refractivity contribution in [2.45, 2.75) is 6.61 Å². The van der Waals surface area contributed by atoms with Crippen molar-refractivity contribution in [3.8, 4) is 5.75 Å². The Labute approximate surface area is 180 Å². The molecular formula is C27H21NO3. The molecule has 1 N–H and O–H groups in total. The highest BCUT2D eigenvalue weighted by Crippen LogP contribution is 2.19. The van der Waals surface area contributed by atoms with Crippen LogP contribution < -0.4 is 4.74 Å². The van der Waals surface area contributed by atoms with E-state index in [1.807, 2.05) is 91.0 Å². The Kier molecular flexibility index (Phi) is 6.19. The summed E-state index contributed by atoms with van der Waals surface area (Å²) in [5.41, 5.74) is 4.66. The van der Waals surface area contributed by atoms with Crippen LogP contribution >= 0.6 is 0 Å². The lowest BCUT2D eigenvalue weighted by molar-refractivity contribution is -0.131. The molecule has 4 nitrogen and oxygen atoms in total. The van der Waals surface area contributed by atoms with Crippen molar-refractivity contribution in [2.24, 2.45) is 0 Å². The van der Waals surface area contributed by atoms with Crippen molar-refractivity contribution in [3.05, 3.63) is 113 Å². The second-order valence-corrected chi connectivity index (χ2v) is 6.99. The average Bonchev–Trinajstić information content (AvgIpc) is 2.81. The van der Waals surface area contributed by atoms with Gasteiger partial charge in [-0.15, -0.1) is 0 Å². The molecular weight excluding hydrogens is 386 g/mol. The molecule has 0 aliphatic rings. The number of hydrogen-bond acceptors (Lipinski definition) is 3. The standard InChI is InChI=1S/C27H21NO3/c29-27(30)18-14-22-6-2-1-5-21(22)12-9-20-10-16-25(17-11-20)31-19-24-15-13-23-7-3-4-8-26(23)28-24/h1-18H,19H2,(H,29,30). The Morgan fingerprint density at radius 1 is 0.806 bits per heavy atom. The number of pyridine rings is 1. The Bertz CT molecular complexity index is 1260. The van der Waals surface area contributed by atoms with Crippen LogP contribution in [0.25, 0.3) is 29.1 Å². The minimum absolute atomic E-state index is 0.406. The van der Waals surface area contributed by atoms with E-state index in [0.29, 0.717) is 6.61 Å². The first kappa shape index (κ1) is 20.1. The molecule has 0 radical (unpaired) electrons. The number of aromatic nitrogens is 1. The molecule has 0 aliphatic heterocycles. The molecule has 0 saturated carbocycles. The lowest BCUT2D eigenvalue weighted by Gasteiger charge is -2.07. The normalized spacial score (nSPS) is 11.4. The Morgan fingerprint density at radius 3 is 2.29 bits per heavy atom. The van der Waals surface area contributed by atoms with Crippen LogP contribution in [0.3, 0.4) is 0 Å². The summed E-state index contributed by atoms with van der Waals surface area (Å²) in [6.07, 6.45) is 6.70. The number of hydrogen-bond donors (Lipinski definition) is 1. The highest BCUT2D eigenvalue weighted by atomic mass is 16.5. The van der Waals surface area contributed by atoms with Gasteiger partial charge in [0.05, 0.1) is 11.2 Å². The minimum atomic E-state index is -0.965. The predicted molar refractivity (Wildman–Crippen MR) is 125 cm³/mol. The van der Waals surface area contributed by atoms with Crippen LogP contribution in [0, 0.1) is 0 Å². The number of carboxylic acid groups (broad SMARTS) is 1. The lowest BCUT2D eigenvalue weighted by Crippen LogP contribution is -1.98. The monoisotopic (exact) mass is 407 g/mol. The summed E-state index contributed by atoms with van der Waals surface area (Å²) in [6, 6.07) is 27.5. The fraction of sp³-hybridized carbons (Fsp3) is 0.0370. The van der Waals surface area contributed by atoms with Gasteiger partial charge in [-0.05, 0) is 47.0 Å². The van der Waals surface area contributed by atoms with Crippen LogP contribution in [-0.4, -0.2) is 16.1 Å². The molecule has 0 spiro atoms. The van der Waals surface area contributed by atoms with Gasteiger partial charge in [-0.2, -0.15) is 0 Å². The molecule has 1 heterocycles. The number of ether oxygens (including phenoxy) is 1. The summed E-state index contributed by atoms with van der Waals surface area (Å²) >= 11 is 0. The molecule has 31 heavy (non-hydrogen) atoms. The molecule has 1 aromatic heterocycles. The van der Waals surface area contributed by atoms with Crippen molar-refractivity contribution in [2.75, 3.05) is 0 Å². The zero-order chi connectivity index (χ0) is 21.5. The quantitative estimate of drug-likeness (QED) is 0.298. The number of benzene rings is 3. The van der Waals surface area contributed by atoms with Crippen molar-refractivity contribution in [3.63, 3.8) is 0 Å². The Morgan fingerprint density at radius 2 is 1.52 bits per heavy atom. The number of carbonyl (C=O) groups is 1. The maximum atomic E-state index is 10.8. The van der Waals surface area contributed by atoms with Gasteiger partial charge in [0, 0.05) is 11.5 Å². The van der Waals surface area contributed by atoms with Gasteiger partial charge >= 0.3 is 5.97 Å². The van der Waals surface area contributed by atoms with E-state index < -0.39 is 5.97 Å². The number of nitrogens with zero attached hydrogens (tertiary/aromatic N) is 1. The number of rotatable bonds is 7. The SMILES string of the molecule is O=C(O)C=Cc1ccccc1C=Cc1ccc(OCc2ccc3ccccc3n2)cc1. The maximum Gasteiger partial charge on any atom is 0.328 e. The largest absolute Gasteiger partial charge is 0.487 e. The molecule has 3 aromatic carbocycles. The number of carboxylic acids is 1. The molecule has 0 atom stereocenters. The van der Waals surface area contributed by atoms with E-state index in [1.165, 1.54) is 0 Å². The molecule has 4 rings (SSSR count). The Hall–Kier alpha value is -4.18. The summed E-state index contributed by atoms with van der Waals surface area (Å²) in [7, 11) is 0. The molecule has 4 aromatic rings. The molecule has 0 fully saturated rings. The van der Waals surface area contributed by atoms with Gasteiger partial charge in [0.2, 0.25) is 0 Å². The van der Waals surface area contributed by atoms with Gasteiger partial charge in [-0.25, -0.2) is 9.78 Å².